The molecule has 5 nitrogen and oxygen atoms in total. The molecule has 0 aromatic rings. The summed E-state index contributed by atoms with van der Waals surface area (Å²) < 4.78 is 5.03. The van der Waals surface area contributed by atoms with Gasteiger partial charge in [-0.2, -0.15) is 0 Å². The van der Waals surface area contributed by atoms with Crippen LogP contribution in [-0.2, 0) is 9.53 Å². The minimum atomic E-state index is -0.660. The number of amides is 1. The van der Waals surface area contributed by atoms with Crippen LogP contribution in [0.25, 0.3) is 0 Å². The van der Waals surface area contributed by atoms with Crippen molar-refractivity contribution in [1.29, 1.82) is 0 Å². The van der Waals surface area contributed by atoms with Crippen LogP contribution >= 0.6 is 0 Å². The van der Waals surface area contributed by atoms with Gasteiger partial charge >= 0.3 is 0 Å². The molecule has 0 unspecified atom stereocenters. The average Bonchev–Trinajstić information content (AvgIpc) is 2.31. The molecule has 2 fully saturated rings. The lowest BCUT2D eigenvalue weighted by molar-refractivity contribution is -0.170. The zero-order valence-corrected chi connectivity index (χ0v) is 11.2. The Hall–Kier alpha value is -0.650. The highest BCUT2D eigenvalue weighted by molar-refractivity contribution is 5.83. The molecule has 5 heteroatoms. The van der Waals surface area contributed by atoms with E-state index in [0.29, 0.717) is 13.2 Å². The highest BCUT2D eigenvalue weighted by Crippen LogP contribution is 2.27. The van der Waals surface area contributed by atoms with Gasteiger partial charge in [0.05, 0.1) is 19.8 Å². The van der Waals surface area contributed by atoms with Crippen molar-refractivity contribution in [3.63, 3.8) is 0 Å². The Morgan fingerprint density at radius 3 is 2.61 bits per heavy atom. The van der Waals surface area contributed by atoms with Crippen LogP contribution in [0.15, 0.2) is 0 Å². The van der Waals surface area contributed by atoms with E-state index in [2.05, 4.69) is 17.3 Å². The van der Waals surface area contributed by atoms with E-state index in [-0.39, 0.29) is 12.5 Å². The third-order valence-electron chi connectivity index (χ3n) is 4.22. The van der Waals surface area contributed by atoms with Crippen LogP contribution in [0, 0.1) is 11.3 Å². The number of likely N-dealkylation sites (tertiary alicyclic amines) is 1. The minimum Gasteiger partial charge on any atom is -0.395 e. The fraction of sp³-hybridized carbons (Fsp3) is 0.923. The van der Waals surface area contributed by atoms with Crippen LogP contribution in [0.3, 0.4) is 0 Å². The van der Waals surface area contributed by atoms with Gasteiger partial charge in [-0.15, -0.1) is 0 Å². The molecule has 0 radical (unpaired) electrons. The first-order valence-electron chi connectivity index (χ1n) is 6.82. The summed E-state index contributed by atoms with van der Waals surface area (Å²) in [5.41, 5.74) is -0.660. The topological polar surface area (TPSA) is 61.8 Å². The van der Waals surface area contributed by atoms with Gasteiger partial charge < -0.3 is 20.1 Å². The number of nitrogens with one attached hydrogen (secondary N) is 1. The number of nitrogens with zero attached hydrogens (tertiary/aromatic N) is 1. The van der Waals surface area contributed by atoms with Crippen LogP contribution in [-0.4, -0.2) is 62.4 Å². The summed E-state index contributed by atoms with van der Waals surface area (Å²) >= 11 is 0. The number of ether oxygens (including phenoxy) is 1. The summed E-state index contributed by atoms with van der Waals surface area (Å²) in [4.78, 5) is 14.3. The van der Waals surface area contributed by atoms with Crippen molar-refractivity contribution < 1.29 is 14.6 Å². The van der Waals surface area contributed by atoms with Gasteiger partial charge in [0.1, 0.15) is 5.41 Å². The molecule has 0 atom stereocenters. The largest absolute Gasteiger partial charge is 0.395 e. The summed E-state index contributed by atoms with van der Waals surface area (Å²) in [6, 6.07) is 0. The van der Waals surface area contributed by atoms with E-state index in [1.54, 1.807) is 0 Å². The first-order valence-corrected chi connectivity index (χ1v) is 6.82. The van der Waals surface area contributed by atoms with Crippen LogP contribution in [0.1, 0.15) is 19.3 Å². The highest BCUT2D eigenvalue weighted by atomic mass is 16.5. The fourth-order valence-corrected chi connectivity index (χ4v) is 2.57. The van der Waals surface area contributed by atoms with E-state index < -0.39 is 5.41 Å². The number of hydrogen-bond donors (Lipinski definition) is 2. The van der Waals surface area contributed by atoms with Gasteiger partial charge in [0, 0.05) is 6.54 Å². The molecule has 2 saturated heterocycles. The number of carbonyl (C=O) groups is 1. The zero-order chi connectivity index (χ0) is 13.0. The van der Waals surface area contributed by atoms with Crippen LogP contribution in [0.2, 0.25) is 0 Å². The molecule has 2 heterocycles. The molecule has 2 N–H and O–H groups in total. The van der Waals surface area contributed by atoms with E-state index in [9.17, 15) is 9.90 Å². The number of aliphatic hydroxyl groups excluding tert-OH is 1. The molecule has 0 bridgehead atoms. The molecule has 18 heavy (non-hydrogen) atoms. The summed E-state index contributed by atoms with van der Waals surface area (Å²) in [5, 5.41) is 12.2. The van der Waals surface area contributed by atoms with Gasteiger partial charge in [0.25, 0.3) is 0 Å². The van der Waals surface area contributed by atoms with Gasteiger partial charge in [0.15, 0.2) is 0 Å². The van der Waals surface area contributed by atoms with Crippen LogP contribution in [0.4, 0.5) is 0 Å². The van der Waals surface area contributed by atoms with Gasteiger partial charge in [-0.05, 0) is 45.3 Å². The maximum Gasteiger partial charge on any atom is 0.233 e. The fourth-order valence-electron chi connectivity index (χ4n) is 2.57. The minimum absolute atomic E-state index is 0.0517. The Labute approximate surface area is 108 Å². The molecule has 2 aliphatic rings. The second kappa shape index (κ2) is 5.99. The quantitative estimate of drug-likeness (QED) is 0.718. The van der Waals surface area contributed by atoms with Crippen molar-refractivity contribution in [2.75, 3.05) is 46.5 Å². The smallest absolute Gasteiger partial charge is 0.233 e. The number of carbonyl (C=O) groups excluding carboxylic acids is 1. The predicted molar refractivity (Wildman–Crippen MR) is 68.2 cm³/mol. The van der Waals surface area contributed by atoms with Crippen molar-refractivity contribution >= 4 is 5.91 Å². The van der Waals surface area contributed by atoms with E-state index in [1.165, 1.54) is 12.8 Å². The van der Waals surface area contributed by atoms with Gasteiger partial charge in [0.2, 0.25) is 5.91 Å². The molecular formula is C13H24N2O3. The first kappa shape index (κ1) is 13.8. The van der Waals surface area contributed by atoms with Crippen molar-refractivity contribution in [2.24, 2.45) is 11.3 Å². The molecule has 0 aromatic carbocycles. The van der Waals surface area contributed by atoms with Crippen LogP contribution < -0.4 is 5.32 Å². The lowest BCUT2D eigenvalue weighted by Crippen LogP contribution is -2.56. The number of rotatable bonds is 5. The van der Waals surface area contributed by atoms with Gasteiger partial charge in [-0.25, -0.2) is 0 Å². The first-order chi connectivity index (χ1) is 8.66. The monoisotopic (exact) mass is 256 g/mol. The molecule has 0 aliphatic carbocycles. The molecule has 2 aliphatic heterocycles. The Balaban J connectivity index is 1.64. The third-order valence-corrected chi connectivity index (χ3v) is 4.22. The standard InChI is InChI=1S/C13H24N2O3/c1-15-6-3-11(4-7-15)2-5-14-12(17)13(8-16)9-18-10-13/h11,16H,2-10H2,1H3,(H,14,17). The molecule has 104 valence electrons. The normalized spacial score (nSPS) is 24.6. The molecular weight excluding hydrogens is 232 g/mol. The number of hydrogen-bond acceptors (Lipinski definition) is 4. The summed E-state index contributed by atoms with van der Waals surface area (Å²) in [7, 11) is 2.15. The Morgan fingerprint density at radius 2 is 2.11 bits per heavy atom. The number of aliphatic hydroxyl groups is 1. The second-order valence-corrected chi connectivity index (χ2v) is 5.72. The van der Waals surface area contributed by atoms with Gasteiger partial charge in [-0.1, -0.05) is 0 Å². The van der Waals surface area contributed by atoms with Crippen molar-refractivity contribution in [3.8, 4) is 0 Å². The zero-order valence-electron chi connectivity index (χ0n) is 11.2. The summed E-state index contributed by atoms with van der Waals surface area (Å²) in [6.45, 7) is 3.62. The van der Waals surface area contributed by atoms with E-state index >= 15 is 0 Å². The molecule has 0 spiro atoms. The van der Waals surface area contributed by atoms with Crippen LogP contribution in [0.5, 0.6) is 0 Å². The number of piperidine rings is 1. The van der Waals surface area contributed by atoms with E-state index in [4.69, 9.17) is 4.74 Å². The molecule has 2 rings (SSSR count). The van der Waals surface area contributed by atoms with E-state index in [1.807, 2.05) is 0 Å². The Bertz CT molecular complexity index is 278. The van der Waals surface area contributed by atoms with Crippen molar-refractivity contribution in [3.05, 3.63) is 0 Å². The summed E-state index contributed by atoms with van der Waals surface area (Å²) in [6.07, 6.45) is 3.49. The lowest BCUT2D eigenvalue weighted by atomic mass is 9.86. The van der Waals surface area contributed by atoms with Crippen molar-refractivity contribution in [2.45, 2.75) is 19.3 Å². The SMILES string of the molecule is CN1CCC(CCNC(=O)C2(CO)COC2)CC1. The maximum atomic E-state index is 11.9. The highest BCUT2D eigenvalue weighted by Gasteiger charge is 2.45. The Kier molecular flexibility index (Phi) is 4.59. The lowest BCUT2D eigenvalue weighted by Gasteiger charge is -2.38. The molecule has 0 aromatic heterocycles. The average molecular weight is 256 g/mol. The predicted octanol–water partition coefficient (Wildman–Crippen LogP) is -0.157. The molecule has 0 saturated carbocycles. The summed E-state index contributed by atoms with van der Waals surface area (Å²) in [5.74, 6) is 0.674. The molecule has 1 amide bonds. The third kappa shape index (κ3) is 3.02. The van der Waals surface area contributed by atoms with Gasteiger partial charge in [-0.3, -0.25) is 4.79 Å². The second-order valence-electron chi connectivity index (χ2n) is 5.72. The van der Waals surface area contributed by atoms with Crippen molar-refractivity contribution in [1.82, 2.24) is 10.2 Å². The maximum absolute atomic E-state index is 11.9. The van der Waals surface area contributed by atoms with E-state index in [0.717, 1.165) is 32.0 Å². The Morgan fingerprint density at radius 1 is 1.44 bits per heavy atom.